The van der Waals surface area contributed by atoms with Crippen LogP contribution in [0.2, 0.25) is 0 Å². The lowest BCUT2D eigenvalue weighted by atomic mass is 9.95. The third kappa shape index (κ3) is 4.13. The molecule has 5 rings (SSSR count). The van der Waals surface area contributed by atoms with E-state index in [4.69, 9.17) is 4.74 Å². The molecule has 172 valence electrons. The van der Waals surface area contributed by atoms with E-state index in [9.17, 15) is 9.59 Å². The fourth-order valence-corrected chi connectivity index (χ4v) is 5.16. The molecule has 0 aliphatic carbocycles. The minimum absolute atomic E-state index is 0.0300. The maximum atomic E-state index is 13.4. The van der Waals surface area contributed by atoms with Gasteiger partial charge in [-0.3, -0.25) is 14.7 Å². The van der Waals surface area contributed by atoms with Crippen LogP contribution in [0, 0.1) is 0 Å². The highest BCUT2D eigenvalue weighted by Crippen LogP contribution is 2.39. The highest BCUT2D eigenvalue weighted by molar-refractivity contribution is 6.02. The first-order chi connectivity index (χ1) is 15.9. The fraction of sp³-hybridized carbons (Fsp3) is 0.423. The van der Waals surface area contributed by atoms with Crippen molar-refractivity contribution in [2.75, 3.05) is 29.4 Å². The highest BCUT2D eigenvalue weighted by atomic mass is 16.6. The number of fused-ring (bicyclic) bond motifs is 2. The SMILES string of the molecule is CC(=O)N1c2ccc(C3CCNC3)cc2N(C(=O)Oc2ccc3c(c2)CCC(C)=N3)C[C@@H]1C. The van der Waals surface area contributed by atoms with E-state index in [2.05, 4.69) is 22.4 Å². The zero-order chi connectivity index (χ0) is 23.1. The van der Waals surface area contributed by atoms with Gasteiger partial charge in [0.2, 0.25) is 5.91 Å². The number of carbonyl (C=O) groups excluding carboxylic acids is 2. The Balaban J connectivity index is 1.46. The van der Waals surface area contributed by atoms with Gasteiger partial charge in [-0.05, 0) is 87.0 Å². The number of amides is 2. The van der Waals surface area contributed by atoms with Crippen LogP contribution in [0.25, 0.3) is 0 Å². The first-order valence-electron chi connectivity index (χ1n) is 11.7. The molecule has 7 nitrogen and oxygen atoms in total. The third-order valence-electron chi connectivity index (χ3n) is 6.85. The smallest absolute Gasteiger partial charge is 0.410 e. The minimum atomic E-state index is -0.427. The molecule has 3 aliphatic heterocycles. The van der Waals surface area contributed by atoms with E-state index in [-0.39, 0.29) is 11.9 Å². The third-order valence-corrected chi connectivity index (χ3v) is 6.85. The number of anilines is 2. The Morgan fingerprint density at radius 1 is 1.12 bits per heavy atom. The number of carbonyl (C=O) groups is 2. The Kier molecular flexibility index (Phi) is 5.66. The molecule has 2 amide bonds. The number of hydrogen-bond donors (Lipinski definition) is 1. The highest BCUT2D eigenvalue weighted by Gasteiger charge is 2.35. The summed E-state index contributed by atoms with van der Waals surface area (Å²) in [4.78, 5) is 33.8. The summed E-state index contributed by atoms with van der Waals surface area (Å²) in [5.41, 5.74) is 5.82. The molecule has 0 saturated carbocycles. The van der Waals surface area contributed by atoms with E-state index < -0.39 is 6.09 Å². The van der Waals surface area contributed by atoms with Gasteiger partial charge >= 0.3 is 6.09 Å². The predicted molar refractivity (Wildman–Crippen MR) is 130 cm³/mol. The molecule has 0 bridgehead atoms. The second-order valence-corrected chi connectivity index (χ2v) is 9.29. The molecule has 1 N–H and O–H groups in total. The van der Waals surface area contributed by atoms with Crippen molar-refractivity contribution in [1.82, 2.24) is 5.32 Å². The molecule has 3 heterocycles. The van der Waals surface area contributed by atoms with E-state index in [1.807, 2.05) is 32.0 Å². The van der Waals surface area contributed by atoms with Crippen molar-refractivity contribution in [3.05, 3.63) is 47.5 Å². The molecule has 1 saturated heterocycles. The van der Waals surface area contributed by atoms with Gasteiger partial charge < -0.3 is 15.0 Å². The van der Waals surface area contributed by atoms with Crippen LogP contribution in [0.5, 0.6) is 5.75 Å². The van der Waals surface area contributed by atoms with E-state index in [1.165, 1.54) is 5.56 Å². The lowest BCUT2D eigenvalue weighted by molar-refractivity contribution is -0.117. The normalized spacial score (nSPS) is 21.8. The number of aliphatic imine (C=N–C) groups is 1. The number of aryl methyl sites for hydroxylation is 1. The summed E-state index contributed by atoms with van der Waals surface area (Å²) in [5, 5.41) is 3.40. The van der Waals surface area contributed by atoms with Crippen LogP contribution in [0.1, 0.15) is 50.7 Å². The molecular formula is C26H30N4O3. The summed E-state index contributed by atoms with van der Waals surface area (Å²) in [6.07, 6.45) is 2.45. The van der Waals surface area contributed by atoms with Gasteiger partial charge in [0.15, 0.2) is 0 Å². The summed E-state index contributed by atoms with van der Waals surface area (Å²) in [7, 11) is 0. The van der Waals surface area contributed by atoms with Crippen LogP contribution in [-0.4, -0.2) is 43.4 Å². The lowest BCUT2D eigenvalue weighted by Gasteiger charge is -2.40. The predicted octanol–water partition coefficient (Wildman–Crippen LogP) is 4.56. The molecular weight excluding hydrogens is 416 g/mol. The maximum Gasteiger partial charge on any atom is 0.419 e. The minimum Gasteiger partial charge on any atom is -0.410 e. The van der Waals surface area contributed by atoms with Crippen molar-refractivity contribution in [2.24, 2.45) is 4.99 Å². The molecule has 33 heavy (non-hydrogen) atoms. The Morgan fingerprint density at radius 3 is 2.73 bits per heavy atom. The molecule has 2 atom stereocenters. The first-order valence-corrected chi connectivity index (χ1v) is 11.7. The summed E-state index contributed by atoms with van der Waals surface area (Å²) >= 11 is 0. The molecule has 2 aromatic carbocycles. The standard InChI is InChI=1S/C26H30N4O3/c1-16-4-5-20-12-22(7-8-23(20)28-16)33-26(32)29-15-17(2)30(18(3)31)24-9-6-19(13-25(24)29)21-10-11-27-14-21/h6-9,12-13,17,21,27H,4-5,10-11,14-15H2,1-3H3/t17-,21?/m0/s1. The van der Waals surface area contributed by atoms with E-state index in [1.54, 1.807) is 22.8 Å². The Labute approximate surface area is 194 Å². The Bertz CT molecular complexity index is 1140. The fourth-order valence-electron chi connectivity index (χ4n) is 5.16. The number of nitrogens with one attached hydrogen (secondary N) is 1. The summed E-state index contributed by atoms with van der Waals surface area (Å²) in [5.74, 6) is 0.897. The van der Waals surface area contributed by atoms with Gasteiger partial charge in [-0.25, -0.2) is 4.79 Å². The lowest BCUT2D eigenvalue weighted by Crippen LogP contribution is -2.52. The monoisotopic (exact) mass is 446 g/mol. The van der Waals surface area contributed by atoms with E-state index in [0.29, 0.717) is 18.2 Å². The molecule has 1 unspecified atom stereocenters. The Morgan fingerprint density at radius 2 is 1.97 bits per heavy atom. The van der Waals surface area contributed by atoms with Gasteiger partial charge in [-0.2, -0.15) is 0 Å². The number of ether oxygens (including phenoxy) is 1. The molecule has 2 aromatic rings. The van der Waals surface area contributed by atoms with Gasteiger partial charge in [0.1, 0.15) is 5.75 Å². The molecule has 0 radical (unpaired) electrons. The molecule has 1 fully saturated rings. The van der Waals surface area contributed by atoms with Crippen molar-refractivity contribution in [1.29, 1.82) is 0 Å². The number of nitrogens with zero attached hydrogens (tertiary/aromatic N) is 3. The zero-order valence-electron chi connectivity index (χ0n) is 19.4. The second kappa shape index (κ2) is 8.63. The van der Waals surface area contributed by atoms with Crippen LogP contribution >= 0.6 is 0 Å². The average molecular weight is 447 g/mol. The second-order valence-electron chi connectivity index (χ2n) is 9.29. The topological polar surface area (TPSA) is 74.2 Å². The van der Waals surface area contributed by atoms with Gasteiger partial charge in [0, 0.05) is 25.7 Å². The van der Waals surface area contributed by atoms with Crippen LogP contribution in [0.4, 0.5) is 21.9 Å². The largest absolute Gasteiger partial charge is 0.419 e. The van der Waals surface area contributed by atoms with Crippen molar-refractivity contribution >= 4 is 34.8 Å². The summed E-state index contributed by atoms with van der Waals surface area (Å²) in [6.45, 7) is 7.86. The number of hydrogen-bond acceptors (Lipinski definition) is 5. The van der Waals surface area contributed by atoms with Crippen LogP contribution < -0.4 is 19.9 Å². The van der Waals surface area contributed by atoms with Crippen molar-refractivity contribution < 1.29 is 14.3 Å². The van der Waals surface area contributed by atoms with Crippen molar-refractivity contribution in [3.63, 3.8) is 0 Å². The van der Waals surface area contributed by atoms with E-state index >= 15 is 0 Å². The summed E-state index contributed by atoms with van der Waals surface area (Å²) < 4.78 is 5.84. The quantitative estimate of drug-likeness (QED) is 0.734. The molecule has 0 spiro atoms. The molecule has 3 aliphatic rings. The van der Waals surface area contributed by atoms with Crippen molar-refractivity contribution in [2.45, 2.75) is 52.0 Å². The number of benzene rings is 2. The molecule has 7 heteroatoms. The van der Waals surface area contributed by atoms with Gasteiger partial charge in [0.05, 0.1) is 23.1 Å². The van der Waals surface area contributed by atoms with Crippen LogP contribution in [0.3, 0.4) is 0 Å². The Hall–Kier alpha value is -3.19. The van der Waals surface area contributed by atoms with Crippen LogP contribution in [-0.2, 0) is 11.2 Å². The maximum absolute atomic E-state index is 13.4. The van der Waals surface area contributed by atoms with E-state index in [0.717, 1.165) is 60.7 Å². The van der Waals surface area contributed by atoms with Gasteiger partial charge in [-0.15, -0.1) is 0 Å². The van der Waals surface area contributed by atoms with Gasteiger partial charge in [-0.1, -0.05) is 6.07 Å². The van der Waals surface area contributed by atoms with Crippen LogP contribution in [0.15, 0.2) is 41.4 Å². The number of rotatable bonds is 2. The zero-order valence-corrected chi connectivity index (χ0v) is 19.4. The average Bonchev–Trinajstić information content (AvgIpc) is 3.33. The van der Waals surface area contributed by atoms with Crippen molar-refractivity contribution in [3.8, 4) is 5.75 Å². The molecule has 0 aromatic heterocycles. The summed E-state index contributed by atoms with van der Waals surface area (Å²) in [6, 6.07) is 11.6. The van der Waals surface area contributed by atoms with Gasteiger partial charge in [0.25, 0.3) is 0 Å². The first kappa shape index (κ1) is 21.6.